The van der Waals surface area contributed by atoms with Gasteiger partial charge in [0.15, 0.2) is 5.82 Å². The van der Waals surface area contributed by atoms with Crippen LogP contribution in [0.25, 0.3) is 0 Å². The molecule has 0 bridgehead atoms. The number of carbonyl (C=O) groups is 2. The second kappa shape index (κ2) is 6.56. The highest BCUT2D eigenvalue weighted by Crippen LogP contribution is 2.32. The van der Waals surface area contributed by atoms with Crippen molar-refractivity contribution in [2.45, 2.75) is 19.0 Å². The first kappa shape index (κ1) is 16.2. The van der Waals surface area contributed by atoms with E-state index in [0.29, 0.717) is 12.3 Å². The maximum atomic E-state index is 12.4. The number of halogens is 4. The first-order valence-electron chi connectivity index (χ1n) is 5.33. The Hall–Kier alpha value is -1.83. The van der Waals surface area contributed by atoms with E-state index in [1.165, 1.54) is 7.11 Å². The van der Waals surface area contributed by atoms with Crippen molar-refractivity contribution in [1.29, 1.82) is 0 Å². The van der Waals surface area contributed by atoms with E-state index >= 15 is 0 Å². The molecular formula is C11H10ClF3N2O3. The van der Waals surface area contributed by atoms with E-state index in [9.17, 15) is 22.8 Å². The van der Waals surface area contributed by atoms with Crippen molar-refractivity contribution in [3.05, 3.63) is 22.8 Å². The zero-order valence-electron chi connectivity index (χ0n) is 10.3. The summed E-state index contributed by atoms with van der Waals surface area (Å²) < 4.78 is 41.5. The van der Waals surface area contributed by atoms with Gasteiger partial charge < -0.3 is 10.1 Å². The van der Waals surface area contributed by atoms with Crippen LogP contribution in [0, 0.1) is 0 Å². The summed E-state index contributed by atoms with van der Waals surface area (Å²) >= 11 is 5.60. The Morgan fingerprint density at radius 1 is 1.40 bits per heavy atom. The van der Waals surface area contributed by atoms with Gasteiger partial charge in [-0.25, -0.2) is 4.98 Å². The molecule has 0 unspecified atom stereocenters. The van der Waals surface area contributed by atoms with Gasteiger partial charge in [0, 0.05) is 12.6 Å². The van der Waals surface area contributed by atoms with Gasteiger partial charge in [-0.2, -0.15) is 13.2 Å². The predicted molar refractivity (Wildman–Crippen MR) is 64.1 cm³/mol. The molecule has 0 aromatic carbocycles. The monoisotopic (exact) mass is 310 g/mol. The van der Waals surface area contributed by atoms with E-state index in [1.807, 2.05) is 0 Å². The lowest BCUT2D eigenvalue weighted by atomic mass is 10.2. The van der Waals surface area contributed by atoms with Crippen LogP contribution in [0.5, 0.6) is 0 Å². The molecule has 9 heteroatoms. The number of nitrogens with zero attached hydrogens (tertiary/aromatic N) is 1. The van der Waals surface area contributed by atoms with Crippen molar-refractivity contribution >= 4 is 29.3 Å². The average Bonchev–Trinajstić information content (AvgIpc) is 2.37. The Kier molecular flexibility index (Phi) is 5.32. The van der Waals surface area contributed by atoms with Crippen LogP contribution < -0.4 is 5.32 Å². The lowest BCUT2D eigenvalue weighted by molar-refractivity contribution is -0.141. The van der Waals surface area contributed by atoms with Gasteiger partial charge in [0.1, 0.15) is 0 Å². The summed E-state index contributed by atoms with van der Waals surface area (Å²) in [6, 6.07) is 0.657. The SMILES string of the molecule is COC(=O)CCC(=O)Nc1ncc(C(F)(F)F)cc1Cl. The molecule has 1 aromatic rings. The topological polar surface area (TPSA) is 68.3 Å². The number of hydrogen-bond donors (Lipinski definition) is 1. The molecule has 1 rings (SSSR count). The van der Waals surface area contributed by atoms with Crippen molar-refractivity contribution in [2.75, 3.05) is 12.4 Å². The maximum absolute atomic E-state index is 12.4. The van der Waals surface area contributed by atoms with E-state index in [-0.39, 0.29) is 23.7 Å². The second-order valence-electron chi connectivity index (χ2n) is 3.68. The smallest absolute Gasteiger partial charge is 0.417 e. The molecule has 0 radical (unpaired) electrons. The van der Waals surface area contributed by atoms with Crippen LogP contribution in [0.2, 0.25) is 5.02 Å². The number of alkyl halides is 3. The van der Waals surface area contributed by atoms with E-state index in [0.717, 1.165) is 0 Å². The summed E-state index contributed by atoms with van der Waals surface area (Å²) in [5.74, 6) is -1.38. The van der Waals surface area contributed by atoms with Crippen LogP contribution in [0.3, 0.4) is 0 Å². The number of carbonyl (C=O) groups excluding carboxylic acids is 2. The van der Waals surface area contributed by atoms with Crippen LogP contribution in [0.1, 0.15) is 18.4 Å². The van der Waals surface area contributed by atoms with Gasteiger partial charge in [-0.3, -0.25) is 9.59 Å². The Bertz CT molecular complexity index is 520. The minimum atomic E-state index is -4.57. The highest BCUT2D eigenvalue weighted by Gasteiger charge is 2.31. The third kappa shape index (κ3) is 4.69. The quantitative estimate of drug-likeness (QED) is 0.868. The number of rotatable bonds is 4. The average molecular weight is 311 g/mol. The van der Waals surface area contributed by atoms with E-state index in [4.69, 9.17) is 11.6 Å². The second-order valence-corrected chi connectivity index (χ2v) is 4.08. The van der Waals surface area contributed by atoms with Crippen molar-refractivity contribution in [1.82, 2.24) is 4.98 Å². The van der Waals surface area contributed by atoms with Crippen molar-refractivity contribution in [3.8, 4) is 0 Å². The molecule has 5 nitrogen and oxygen atoms in total. The lowest BCUT2D eigenvalue weighted by Gasteiger charge is -2.09. The fourth-order valence-electron chi connectivity index (χ4n) is 1.20. The number of amides is 1. The van der Waals surface area contributed by atoms with E-state index < -0.39 is 23.6 Å². The Morgan fingerprint density at radius 2 is 2.05 bits per heavy atom. The molecule has 1 heterocycles. The van der Waals surface area contributed by atoms with Crippen LogP contribution >= 0.6 is 11.6 Å². The summed E-state index contributed by atoms with van der Waals surface area (Å²) in [5.41, 5.74) is -1.02. The number of esters is 1. The Morgan fingerprint density at radius 3 is 2.55 bits per heavy atom. The number of ether oxygens (including phenoxy) is 1. The van der Waals surface area contributed by atoms with E-state index in [1.54, 1.807) is 0 Å². The highest BCUT2D eigenvalue weighted by molar-refractivity contribution is 6.33. The molecule has 110 valence electrons. The van der Waals surface area contributed by atoms with Crippen LogP contribution in [-0.4, -0.2) is 24.0 Å². The van der Waals surface area contributed by atoms with Crippen molar-refractivity contribution in [2.24, 2.45) is 0 Å². The molecule has 0 aliphatic heterocycles. The molecule has 1 aromatic heterocycles. The molecule has 0 fully saturated rings. The lowest BCUT2D eigenvalue weighted by Crippen LogP contribution is -2.15. The number of methoxy groups -OCH3 is 1. The number of nitrogens with one attached hydrogen (secondary N) is 1. The first-order chi connectivity index (χ1) is 9.24. The van der Waals surface area contributed by atoms with Gasteiger partial charge in [0.25, 0.3) is 0 Å². The number of anilines is 1. The molecule has 0 aliphatic rings. The van der Waals surface area contributed by atoms with Crippen molar-refractivity contribution < 1.29 is 27.5 Å². The van der Waals surface area contributed by atoms with Crippen LogP contribution in [0.4, 0.5) is 19.0 Å². The van der Waals surface area contributed by atoms with Crippen LogP contribution in [-0.2, 0) is 20.5 Å². The minimum Gasteiger partial charge on any atom is -0.469 e. The molecule has 0 spiro atoms. The van der Waals surface area contributed by atoms with Crippen molar-refractivity contribution in [3.63, 3.8) is 0 Å². The fourth-order valence-corrected chi connectivity index (χ4v) is 1.41. The maximum Gasteiger partial charge on any atom is 0.417 e. The summed E-state index contributed by atoms with van der Waals surface area (Å²) in [6.07, 6.45) is -4.35. The van der Waals surface area contributed by atoms with Crippen LogP contribution in [0.15, 0.2) is 12.3 Å². The highest BCUT2D eigenvalue weighted by atomic mass is 35.5. The van der Waals surface area contributed by atoms with Gasteiger partial charge in [-0.05, 0) is 6.07 Å². The number of aromatic nitrogens is 1. The van der Waals surface area contributed by atoms with Gasteiger partial charge in [0.2, 0.25) is 5.91 Å². The van der Waals surface area contributed by atoms with Gasteiger partial charge in [-0.15, -0.1) is 0 Å². The molecule has 0 saturated carbocycles. The molecule has 1 amide bonds. The first-order valence-corrected chi connectivity index (χ1v) is 5.71. The molecule has 1 N–H and O–H groups in total. The summed E-state index contributed by atoms with van der Waals surface area (Å²) in [5, 5.41) is 1.87. The fraction of sp³-hybridized carbons (Fsp3) is 0.364. The Labute approximate surface area is 117 Å². The number of hydrogen-bond acceptors (Lipinski definition) is 4. The number of pyridine rings is 1. The third-order valence-corrected chi connectivity index (χ3v) is 2.50. The van der Waals surface area contributed by atoms with Gasteiger partial charge >= 0.3 is 12.1 Å². The largest absolute Gasteiger partial charge is 0.469 e. The summed E-state index contributed by atoms with van der Waals surface area (Å²) in [4.78, 5) is 25.7. The zero-order chi connectivity index (χ0) is 15.3. The standard InChI is InChI=1S/C11H10ClF3N2O3/c1-20-9(19)3-2-8(18)17-10-7(12)4-6(5-16-10)11(13,14)15/h4-5H,2-3H2,1H3,(H,16,17,18). The van der Waals surface area contributed by atoms with Gasteiger partial charge in [0.05, 0.1) is 24.1 Å². The minimum absolute atomic E-state index is 0.152. The van der Waals surface area contributed by atoms with Gasteiger partial charge in [-0.1, -0.05) is 11.6 Å². The summed E-state index contributed by atoms with van der Waals surface area (Å²) in [6.45, 7) is 0. The zero-order valence-corrected chi connectivity index (χ0v) is 11.0. The molecule has 0 atom stereocenters. The summed E-state index contributed by atoms with van der Waals surface area (Å²) in [7, 11) is 1.18. The van der Waals surface area contributed by atoms with E-state index in [2.05, 4.69) is 15.0 Å². The Balaban J connectivity index is 2.69. The normalized spacial score (nSPS) is 11.1. The molecule has 20 heavy (non-hydrogen) atoms. The molecule has 0 aliphatic carbocycles. The molecule has 0 saturated heterocycles. The molecular weight excluding hydrogens is 301 g/mol. The third-order valence-electron chi connectivity index (χ3n) is 2.21. The predicted octanol–water partition coefficient (Wildman–Crippen LogP) is 2.65.